The van der Waals surface area contributed by atoms with Crippen LogP contribution in [-0.2, 0) is 9.53 Å². The third kappa shape index (κ3) is 5.59. The Morgan fingerprint density at radius 2 is 2.15 bits per heavy atom. The minimum absolute atomic E-state index is 0.141. The van der Waals surface area contributed by atoms with E-state index < -0.39 is 0 Å². The zero-order valence-electron chi connectivity index (χ0n) is 12.3. The van der Waals surface area contributed by atoms with E-state index in [2.05, 4.69) is 5.32 Å². The number of carbonyl (C=O) groups excluding carboxylic acids is 1. The van der Waals surface area contributed by atoms with Gasteiger partial charge in [-0.2, -0.15) is 0 Å². The Morgan fingerprint density at radius 1 is 1.40 bits per heavy atom. The van der Waals surface area contributed by atoms with Crippen molar-refractivity contribution in [2.24, 2.45) is 0 Å². The summed E-state index contributed by atoms with van der Waals surface area (Å²) in [7, 11) is 1.53. The van der Waals surface area contributed by atoms with Gasteiger partial charge in [-0.05, 0) is 31.0 Å². The normalized spacial score (nSPS) is 12.0. The molecule has 0 saturated carbocycles. The Labute approximate surface area is 119 Å². The van der Waals surface area contributed by atoms with E-state index in [1.165, 1.54) is 7.11 Å². The van der Waals surface area contributed by atoms with Crippen molar-refractivity contribution in [3.63, 3.8) is 0 Å². The number of aliphatic hydroxyl groups is 1. The fourth-order valence-electron chi connectivity index (χ4n) is 1.76. The number of carbonyl (C=O) groups is 1. The third-order valence-corrected chi connectivity index (χ3v) is 2.88. The molecular weight excluding hydrogens is 258 g/mol. The lowest BCUT2D eigenvalue weighted by molar-refractivity contribution is -0.123. The molecule has 1 atom stereocenters. The quantitative estimate of drug-likeness (QED) is 0.751. The number of hydrogen-bond donors (Lipinski definition) is 2. The van der Waals surface area contributed by atoms with E-state index in [0.29, 0.717) is 13.2 Å². The second-order valence-electron chi connectivity index (χ2n) is 4.77. The van der Waals surface area contributed by atoms with E-state index in [4.69, 9.17) is 14.6 Å². The standard InChI is InChI=1S/C15H23NO4/c1-11-4-5-12(2)14(8-11)20-7-6-15(18)16-13(9-17)10-19-3/h4-5,8,13,17H,6-7,9-10H2,1-3H3,(H,16,18). The predicted octanol–water partition coefficient (Wildman–Crippen LogP) is 1.20. The van der Waals surface area contributed by atoms with Crippen molar-refractivity contribution >= 4 is 5.91 Å². The second kappa shape index (κ2) is 8.55. The van der Waals surface area contributed by atoms with E-state index in [9.17, 15) is 4.79 Å². The Morgan fingerprint density at radius 3 is 2.80 bits per heavy atom. The van der Waals surface area contributed by atoms with Crippen molar-refractivity contribution in [2.45, 2.75) is 26.3 Å². The molecule has 0 fully saturated rings. The van der Waals surface area contributed by atoms with Gasteiger partial charge in [-0.15, -0.1) is 0 Å². The maximum atomic E-state index is 11.7. The van der Waals surface area contributed by atoms with Crippen LogP contribution >= 0.6 is 0 Å². The monoisotopic (exact) mass is 281 g/mol. The Kier molecular flexibility index (Phi) is 7.04. The predicted molar refractivity (Wildman–Crippen MR) is 76.9 cm³/mol. The topological polar surface area (TPSA) is 67.8 Å². The van der Waals surface area contributed by atoms with Gasteiger partial charge in [0.25, 0.3) is 0 Å². The summed E-state index contributed by atoms with van der Waals surface area (Å²) < 4.78 is 10.5. The molecule has 20 heavy (non-hydrogen) atoms. The van der Waals surface area contributed by atoms with Gasteiger partial charge in [-0.25, -0.2) is 0 Å². The molecule has 5 heteroatoms. The maximum Gasteiger partial charge on any atom is 0.223 e. The Balaban J connectivity index is 2.36. The summed E-state index contributed by atoms with van der Waals surface area (Å²) in [6.07, 6.45) is 0.244. The van der Waals surface area contributed by atoms with Gasteiger partial charge in [0.15, 0.2) is 0 Å². The van der Waals surface area contributed by atoms with Crippen molar-refractivity contribution in [1.82, 2.24) is 5.32 Å². The van der Waals surface area contributed by atoms with Crippen LogP contribution in [0.3, 0.4) is 0 Å². The van der Waals surface area contributed by atoms with Crippen LogP contribution in [0.4, 0.5) is 0 Å². The van der Waals surface area contributed by atoms with Crippen LogP contribution in [0.25, 0.3) is 0 Å². The number of benzene rings is 1. The number of nitrogens with one attached hydrogen (secondary N) is 1. The maximum absolute atomic E-state index is 11.7. The minimum Gasteiger partial charge on any atom is -0.493 e. The molecule has 1 unspecified atom stereocenters. The number of methoxy groups -OCH3 is 1. The number of aliphatic hydroxyl groups excluding tert-OH is 1. The molecule has 0 saturated heterocycles. The van der Waals surface area contributed by atoms with Gasteiger partial charge in [0.2, 0.25) is 5.91 Å². The molecule has 1 rings (SSSR count). The van der Waals surface area contributed by atoms with Crippen molar-refractivity contribution in [2.75, 3.05) is 26.9 Å². The summed E-state index contributed by atoms with van der Waals surface area (Å²) in [4.78, 5) is 11.7. The van der Waals surface area contributed by atoms with E-state index in [-0.39, 0.29) is 25.0 Å². The molecule has 1 aromatic rings. The molecule has 0 spiro atoms. The highest BCUT2D eigenvalue weighted by Crippen LogP contribution is 2.19. The summed E-state index contributed by atoms with van der Waals surface area (Å²) in [5.41, 5.74) is 2.17. The molecule has 0 aliphatic carbocycles. The van der Waals surface area contributed by atoms with Crippen molar-refractivity contribution in [1.29, 1.82) is 0 Å². The van der Waals surface area contributed by atoms with Crippen LogP contribution in [0, 0.1) is 13.8 Å². The lowest BCUT2D eigenvalue weighted by Crippen LogP contribution is -2.41. The third-order valence-electron chi connectivity index (χ3n) is 2.88. The Bertz CT molecular complexity index is 434. The van der Waals surface area contributed by atoms with E-state index in [1.807, 2.05) is 32.0 Å². The number of hydrogen-bond acceptors (Lipinski definition) is 4. The molecule has 112 valence electrons. The first-order valence-corrected chi connectivity index (χ1v) is 6.66. The highest BCUT2D eigenvalue weighted by Gasteiger charge is 2.11. The first kappa shape index (κ1) is 16.5. The van der Waals surface area contributed by atoms with Crippen molar-refractivity contribution < 1.29 is 19.4 Å². The van der Waals surface area contributed by atoms with Gasteiger partial charge >= 0.3 is 0 Å². The number of aryl methyl sites for hydroxylation is 2. The van der Waals surface area contributed by atoms with Gasteiger partial charge in [-0.3, -0.25) is 4.79 Å². The molecule has 5 nitrogen and oxygen atoms in total. The van der Waals surface area contributed by atoms with Crippen LogP contribution in [0.2, 0.25) is 0 Å². The summed E-state index contributed by atoms with van der Waals surface area (Å²) in [6, 6.07) is 5.60. The first-order valence-electron chi connectivity index (χ1n) is 6.66. The number of rotatable bonds is 8. The van der Waals surface area contributed by atoms with Gasteiger partial charge in [0.05, 0.1) is 32.3 Å². The Hall–Kier alpha value is -1.59. The highest BCUT2D eigenvalue weighted by atomic mass is 16.5. The molecule has 0 aromatic heterocycles. The SMILES string of the molecule is COCC(CO)NC(=O)CCOc1cc(C)ccc1C. The zero-order chi connectivity index (χ0) is 15.0. The second-order valence-corrected chi connectivity index (χ2v) is 4.77. The largest absolute Gasteiger partial charge is 0.493 e. The molecule has 1 amide bonds. The summed E-state index contributed by atoms with van der Waals surface area (Å²) in [5.74, 6) is 0.639. The first-order chi connectivity index (χ1) is 9.56. The van der Waals surface area contributed by atoms with Gasteiger partial charge in [-0.1, -0.05) is 12.1 Å². The van der Waals surface area contributed by atoms with Crippen molar-refractivity contribution in [3.05, 3.63) is 29.3 Å². The van der Waals surface area contributed by atoms with Crippen LogP contribution in [0.5, 0.6) is 5.75 Å². The molecule has 0 aliphatic heterocycles. The molecule has 0 bridgehead atoms. The fourth-order valence-corrected chi connectivity index (χ4v) is 1.76. The molecular formula is C15H23NO4. The van der Waals surface area contributed by atoms with E-state index in [1.54, 1.807) is 0 Å². The average molecular weight is 281 g/mol. The zero-order valence-corrected chi connectivity index (χ0v) is 12.3. The molecule has 0 aliphatic rings. The molecule has 0 heterocycles. The molecule has 0 radical (unpaired) electrons. The van der Waals surface area contributed by atoms with Crippen LogP contribution in [0.1, 0.15) is 17.5 Å². The van der Waals surface area contributed by atoms with Crippen LogP contribution in [-0.4, -0.2) is 44.0 Å². The average Bonchev–Trinajstić information content (AvgIpc) is 2.42. The summed E-state index contributed by atoms with van der Waals surface area (Å²) in [6.45, 7) is 4.42. The lowest BCUT2D eigenvalue weighted by atomic mass is 10.1. The molecule has 1 aromatic carbocycles. The number of ether oxygens (including phenoxy) is 2. The smallest absolute Gasteiger partial charge is 0.223 e. The lowest BCUT2D eigenvalue weighted by Gasteiger charge is -2.15. The summed E-state index contributed by atoms with van der Waals surface area (Å²) >= 11 is 0. The minimum atomic E-state index is -0.367. The van der Waals surface area contributed by atoms with Crippen LogP contribution < -0.4 is 10.1 Å². The van der Waals surface area contributed by atoms with Gasteiger partial charge < -0.3 is 19.9 Å². The van der Waals surface area contributed by atoms with Gasteiger partial charge in [0.1, 0.15) is 5.75 Å². The van der Waals surface area contributed by atoms with E-state index >= 15 is 0 Å². The van der Waals surface area contributed by atoms with Crippen LogP contribution in [0.15, 0.2) is 18.2 Å². The van der Waals surface area contributed by atoms with Gasteiger partial charge in [0, 0.05) is 7.11 Å². The fraction of sp³-hybridized carbons (Fsp3) is 0.533. The summed E-state index contributed by atoms with van der Waals surface area (Å²) in [5, 5.41) is 11.7. The van der Waals surface area contributed by atoms with Crippen molar-refractivity contribution in [3.8, 4) is 5.75 Å². The molecule has 2 N–H and O–H groups in total. The number of amides is 1. The highest BCUT2D eigenvalue weighted by molar-refractivity contribution is 5.76. The van der Waals surface area contributed by atoms with E-state index in [0.717, 1.165) is 16.9 Å².